The highest BCUT2D eigenvalue weighted by molar-refractivity contribution is 8.22. The van der Waals surface area contributed by atoms with Crippen LogP contribution in [0.2, 0.25) is 0 Å². The molecule has 8 rings (SSSR count). The highest BCUT2D eigenvalue weighted by Crippen LogP contribution is 2.80. The van der Waals surface area contributed by atoms with Gasteiger partial charge in [0.1, 0.15) is 11.9 Å². The Hall–Kier alpha value is -3.45. The van der Waals surface area contributed by atoms with Crippen molar-refractivity contribution in [3.63, 3.8) is 0 Å². The first-order valence-corrected chi connectivity index (χ1v) is 16.5. The Morgan fingerprint density at radius 3 is 2.36 bits per heavy atom. The van der Waals surface area contributed by atoms with Gasteiger partial charge in [-0.3, -0.25) is 0 Å². The SMILES string of the molecule is CC(C)(C)c1ccc2c3c(ccc2c1)O[C@H]1c2ccccc2P(=S)(c2ccccc2)[C@@]12C3=Cc1ccccc12. The normalized spacial score (nSPS) is 24.2. The minimum Gasteiger partial charge on any atom is -0.483 e. The van der Waals surface area contributed by atoms with Crippen LogP contribution >= 0.6 is 6.04 Å². The van der Waals surface area contributed by atoms with Gasteiger partial charge in [0.2, 0.25) is 0 Å². The number of rotatable bonds is 1. The van der Waals surface area contributed by atoms with E-state index >= 15 is 0 Å². The molecule has 0 bridgehead atoms. The van der Waals surface area contributed by atoms with E-state index in [1.165, 1.54) is 54.8 Å². The molecule has 3 atom stereocenters. The van der Waals surface area contributed by atoms with Gasteiger partial charge in [0, 0.05) is 17.2 Å². The zero-order valence-electron chi connectivity index (χ0n) is 22.3. The van der Waals surface area contributed by atoms with Crippen LogP contribution in [0.5, 0.6) is 5.75 Å². The molecule has 5 aromatic carbocycles. The minimum atomic E-state index is -2.43. The van der Waals surface area contributed by atoms with Crippen molar-refractivity contribution in [1.82, 2.24) is 0 Å². The second-order valence-electron chi connectivity index (χ2n) is 12.0. The standard InChI is InChI=1S/C36H29OPS/c1-35(2,3)25-18-19-27-23(21-25)17-20-31-33(27)30-22-24-11-7-9-15-29(24)36(30)34(37-31)28-14-8-10-16-32(28)38(36,39)26-12-5-4-6-13-26/h4-22,34H,1-3H3/t34-,36-,38?/m0/s1. The van der Waals surface area contributed by atoms with E-state index in [1.807, 2.05) is 0 Å². The van der Waals surface area contributed by atoms with Gasteiger partial charge in [-0.15, -0.1) is 0 Å². The predicted molar refractivity (Wildman–Crippen MR) is 168 cm³/mol. The Labute approximate surface area is 235 Å². The van der Waals surface area contributed by atoms with Gasteiger partial charge in [0.25, 0.3) is 0 Å². The molecule has 0 radical (unpaired) electrons. The molecule has 0 N–H and O–H groups in total. The molecule has 2 aliphatic heterocycles. The van der Waals surface area contributed by atoms with Crippen LogP contribution in [0.1, 0.15) is 54.7 Å². The lowest BCUT2D eigenvalue weighted by atomic mass is 9.78. The van der Waals surface area contributed by atoms with Crippen molar-refractivity contribution in [2.75, 3.05) is 0 Å². The summed E-state index contributed by atoms with van der Waals surface area (Å²) >= 11 is 7.10. The molecule has 1 spiro atoms. The molecule has 1 unspecified atom stereocenters. The fourth-order valence-corrected chi connectivity index (χ4v) is 13.1. The van der Waals surface area contributed by atoms with Crippen LogP contribution in [0, 0.1) is 0 Å². The van der Waals surface area contributed by atoms with Crippen molar-refractivity contribution >= 4 is 50.9 Å². The lowest BCUT2D eigenvalue weighted by molar-refractivity contribution is 0.173. The molecule has 0 amide bonds. The Morgan fingerprint density at radius 1 is 0.795 bits per heavy atom. The summed E-state index contributed by atoms with van der Waals surface area (Å²) in [6.07, 6.45) is 2.25. The van der Waals surface area contributed by atoms with Crippen molar-refractivity contribution in [1.29, 1.82) is 0 Å². The monoisotopic (exact) mass is 540 g/mol. The number of fused-ring (bicyclic) bond motifs is 7. The summed E-state index contributed by atoms with van der Waals surface area (Å²) in [6.45, 7) is 6.82. The zero-order chi connectivity index (χ0) is 26.6. The third-order valence-corrected chi connectivity index (χ3v) is 14.9. The van der Waals surface area contributed by atoms with Crippen LogP contribution in [-0.4, -0.2) is 0 Å². The Kier molecular flexibility index (Phi) is 4.70. The molecular weight excluding hydrogens is 511 g/mol. The van der Waals surface area contributed by atoms with E-state index in [4.69, 9.17) is 16.5 Å². The Morgan fingerprint density at radius 2 is 1.54 bits per heavy atom. The lowest BCUT2D eigenvalue weighted by Gasteiger charge is -2.46. The summed E-state index contributed by atoms with van der Waals surface area (Å²) in [5.74, 6) is 0.956. The molecule has 0 fully saturated rings. The van der Waals surface area contributed by atoms with Gasteiger partial charge < -0.3 is 4.74 Å². The summed E-state index contributed by atoms with van der Waals surface area (Å²) < 4.78 is 7.19. The fraction of sp³-hybridized carbons (Fsp3) is 0.167. The van der Waals surface area contributed by atoms with Crippen LogP contribution in [0.25, 0.3) is 22.4 Å². The summed E-state index contributed by atoms with van der Waals surface area (Å²) in [5, 5.41) is 4.56. The average molecular weight is 541 g/mol. The molecule has 1 nitrogen and oxygen atoms in total. The van der Waals surface area contributed by atoms with Gasteiger partial charge in [0.05, 0.1) is 5.16 Å². The van der Waals surface area contributed by atoms with Gasteiger partial charge in [-0.1, -0.05) is 136 Å². The highest BCUT2D eigenvalue weighted by Gasteiger charge is 2.66. The van der Waals surface area contributed by atoms with Crippen molar-refractivity contribution < 1.29 is 4.74 Å². The van der Waals surface area contributed by atoms with Crippen molar-refractivity contribution in [2.24, 2.45) is 0 Å². The van der Waals surface area contributed by atoms with E-state index in [9.17, 15) is 0 Å². The maximum Gasteiger partial charge on any atom is 0.143 e. The maximum absolute atomic E-state index is 7.19. The fourth-order valence-electron chi connectivity index (χ4n) is 7.25. The molecule has 5 aromatic rings. The molecule has 0 saturated carbocycles. The van der Waals surface area contributed by atoms with Crippen molar-refractivity contribution in [3.05, 3.63) is 137 Å². The van der Waals surface area contributed by atoms with Crippen LogP contribution in [0.4, 0.5) is 0 Å². The largest absolute Gasteiger partial charge is 0.483 e. The van der Waals surface area contributed by atoms with E-state index in [-0.39, 0.29) is 11.5 Å². The zero-order valence-corrected chi connectivity index (χ0v) is 24.0. The first-order valence-electron chi connectivity index (χ1n) is 13.7. The predicted octanol–water partition coefficient (Wildman–Crippen LogP) is 8.46. The summed E-state index contributed by atoms with van der Waals surface area (Å²) in [5.41, 5.74) is 7.76. The Balaban J connectivity index is 1.52. The summed E-state index contributed by atoms with van der Waals surface area (Å²) in [6, 6.07) is 37.5. The minimum absolute atomic E-state index is 0.0808. The molecule has 39 heavy (non-hydrogen) atoms. The van der Waals surface area contributed by atoms with Gasteiger partial charge in [-0.05, 0) is 61.2 Å². The average Bonchev–Trinajstić information content (AvgIpc) is 3.43. The first kappa shape index (κ1) is 23.4. The molecular formula is C36H29OPS. The topological polar surface area (TPSA) is 9.23 Å². The molecule has 190 valence electrons. The molecule has 0 saturated heterocycles. The van der Waals surface area contributed by atoms with Gasteiger partial charge in [-0.2, -0.15) is 0 Å². The van der Waals surface area contributed by atoms with E-state index in [0.29, 0.717) is 0 Å². The van der Waals surface area contributed by atoms with Crippen LogP contribution in [-0.2, 0) is 22.4 Å². The molecule has 2 heterocycles. The first-order chi connectivity index (χ1) is 18.8. The van der Waals surface area contributed by atoms with Crippen molar-refractivity contribution in [3.8, 4) is 5.75 Å². The van der Waals surface area contributed by atoms with Gasteiger partial charge in [-0.25, -0.2) is 0 Å². The maximum atomic E-state index is 7.19. The smallest absolute Gasteiger partial charge is 0.143 e. The molecule has 0 aromatic heterocycles. The second-order valence-corrected chi connectivity index (χ2v) is 16.6. The van der Waals surface area contributed by atoms with Crippen LogP contribution in [0.15, 0.2) is 109 Å². The van der Waals surface area contributed by atoms with Crippen LogP contribution < -0.4 is 15.3 Å². The number of ether oxygens (including phenoxy) is 1. The van der Waals surface area contributed by atoms with Gasteiger partial charge in [0.15, 0.2) is 0 Å². The second kappa shape index (κ2) is 7.81. The summed E-state index contributed by atoms with van der Waals surface area (Å²) in [7, 11) is 0. The van der Waals surface area contributed by atoms with Crippen molar-refractivity contribution in [2.45, 2.75) is 37.4 Å². The number of hydrogen-bond donors (Lipinski definition) is 0. The summed E-state index contributed by atoms with van der Waals surface area (Å²) in [4.78, 5) is 0. The van der Waals surface area contributed by atoms with E-state index in [1.54, 1.807) is 0 Å². The number of hydrogen-bond acceptors (Lipinski definition) is 2. The highest BCUT2D eigenvalue weighted by atomic mass is 32.4. The molecule has 3 heteroatoms. The van der Waals surface area contributed by atoms with E-state index in [2.05, 4.69) is 136 Å². The van der Waals surface area contributed by atoms with Crippen LogP contribution in [0.3, 0.4) is 0 Å². The quantitative estimate of drug-likeness (QED) is 0.197. The third kappa shape index (κ3) is 2.84. The Bertz CT molecular complexity index is 1910. The third-order valence-electron chi connectivity index (χ3n) is 9.00. The molecule has 3 aliphatic rings. The molecule has 1 aliphatic carbocycles. The lowest BCUT2D eigenvalue weighted by Crippen LogP contribution is -2.38. The van der Waals surface area contributed by atoms with E-state index < -0.39 is 11.2 Å². The van der Waals surface area contributed by atoms with Gasteiger partial charge >= 0.3 is 0 Å². The van der Waals surface area contributed by atoms with E-state index in [0.717, 1.165) is 5.75 Å². The number of benzene rings is 5.